The van der Waals surface area contributed by atoms with E-state index in [0.717, 1.165) is 7.11 Å². The molecular formula is C13H15F3N2O2. The highest BCUT2D eigenvalue weighted by molar-refractivity contribution is 5.88. The third-order valence-electron chi connectivity index (χ3n) is 3.29. The average molecular weight is 288 g/mol. The number of hydrogen-bond donors (Lipinski definition) is 1. The number of nitrogens with one attached hydrogen (secondary N) is 1. The molecule has 0 spiro atoms. The van der Waals surface area contributed by atoms with Gasteiger partial charge in [0.2, 0.25) is 0 Å². The molecule has 0 radical (unpaired) electrons. The number of para-hydroxylation sites is 1. The lowest BCUT2D eigenvalue weighted by Crippen LogP contribution is -2.61. The van der Waals surface area contributed by atoms with Gasteiger partial charge < -0.3 is 9.75 Å². The predicted molar refractivity (Wildman–Crippen MR) is 66.9 cm³/mol. The molecule has 110 valence electrons. The second kappa shape index (κ2) is 4.66. The number of carbonyl (C=O) groups is 1. The van der Waals surface area contributed by atoms with Crippen LogP contribution in [0, 0.1) is 0 Å². The van der Waals surface area contributed by atoms with Crippen molar-refractivity contribution < 1.29 is 22.7 Å². The molecule has 4 nitrogen and oxygen atoms in total. The van der Waals surface area contributed by atoms with Crippen LogP contribution < -0.4 is 10.4 Å². The van der Waals surface area contributed by atoms with Gasteiger partial charge in [0.1, 0.15) is 0 Å². The van der Waals surface area contributed by atoms with Crippen LogP contribution in [0.4, 0.5) is 18.9 Å². The number of nitrogens with zero attached hydrogens (tertiary/aromatic N) is 1. The summed E-state index contributed by atoms with van der Waals surface area (Å²) in [6.45, 7) is 3.46. The molecule has 0 saturated heterocycles. The molecule has 1 aliphatic rings. The summed E-state index contributed by atoms with van der Waals surface area (Å²) in [7, 11) is 0.943. The van der Waals surface area contributed by atoms with Crippen molar-refractivity contribution in [2.24, 2.45) is 0 Å². The van der Waals surface area contributed by atoms with Crippen molar-refractivity contribution in [3.05, 3.63) is 29.8 Å². The summed E-state index contributed by atoms with van der Waals surface area (Å²) in [4.78, 5) is 11.9. The molecule has 1 aromatic carbocycles. The van der Waals surface area contributed by atoms with Gasteiger partial charge in [-0.3, -0.25) is 0 Å². The highest BCUT2D eigenvalue weighted by Gasteiger charge is 2.67. The number of rotatable bonds is 2. The van der Waals surface area contributed by atoms with Gasteiger partial charge in [0.25, 0.3) is 5.54 Å². The van der Waals surface area contributed by atoms with E-state index in [1.807, 2.05) is 0 Å². The molecule has 2 rings (SSSR count). The largest absolute Gasteiger partial charge is 0.467 e. The first kappa shape index (κ1) is 14.6. The molecule has 1 heterocycles. The molecule has 0 fully saturated rings. The molecule has 0 aromatic heterocycles. The maximum atomic E-state index is 13.6. The lowest BCUT2D eigenvalue weighted by atomic mass is 9.90. The quantitative estimate of drug-likeness (QED) is 0.848. The van der Waals surface area contributed by atoms with Gasteiger partial charge in [0, 0.05) is 11.6 Å². The van der Waals surface area contributed by atoms with E-state index < -0.39 is 17.7 Å². The number of hydrogen-bond acceptors (Lipinski definition) is 4. The fourth-order valence-electron chi connectivity index (χ4n) is 2.35. The Balaban J connectivity index is 2.70. The first-order chi connectivity index (χ1) is 9.25. The summed E-state index contributed by atoms with van der Waals surface area (Å²) >= 11 is 0. The van der Waals surface area contributed by atoms with Crippen molar-refractivity contribution in [1.29, 1.82) is 0 Å². The third-order valence-corrected chi connectivity index (χ3v) is 3.29. The lowest BCUT2D eigenvalue weighted by Gasteiger charge is -2.32. The van der Waals surface area contributed by atoms with Gasteiger partial charge in [-0.1, -0.05) is 18.2 Å². The van der Waals surface area contributed by atoms with Gasteiger partial charge in [0.05, 0.1) is 12.8 Å². The minimum absolute atomic E-state index is 0.145. The van der Waals surface area contributed by atoms with Crippen LogP contribution in [-0.4, -0.2) is 25.3 Å². The van der Waals surface area contributed by atoms with Crippen LogP contribution in [0.2, 0.25) is 0 Å². The first-order valence-corrected chi connectivity index (χ1v) is 6.07. The number of hydrazine groups is 1. The Bertz CT molecular complexity index is 531. The molecule has 1 aromatic rings. The zero-order valence-corrected chi connectivity index (χ0v) is 11.3. The molecule has 20 heavy (non-hydrogen) atoms. The van der Waals surface area contributed by atoms with E-state index in [-0.39, 0.29) is 11.6 Å². The van der Waals surface area contributed by atoms with E-state index in [4.69, 9.17) is 0 Å². The Labute approximate surface area is 114 Å². The molecular weight excluding hydrogens is 273 g/mol. The third kappa shape index (κ3) is 1.84. The van der Waals surface area contributed by atoms with E-state index in [9.17, 15) is 18.0 Å². The molecule has 0 amide bonds. The zero-order valence-electron chi connectivity index (χ0n) is 11.3. The number of esters is 1. The smallest absolute Gasteiger partial charge is 0.423 e. The number of fused-ring (bicyclic) bond motifs is 1. The number of methoxy groups -OCH3 is 1. The standard InChI is InChI=1S/C13H15F3N2O2/c1-8(2)18-10-7-5-4-6-9(10)12(17-18,11(19)20-3)13(14,15)16/h4-8,17H,1-3H3. The lowest BCUT2D eigenvalue weighted by molar-refractivity contribution is -0.213. The van der Waals surface area contributed by atoms with Gasteiger partial charge in [-0.2, -0.15) is 13.2 Å². The summed E-state index contributed by atoms with van der Waals surface area (Å²) in [6, 6.07) is 5.66. The minimum Gasteiger partial charge on any atom is -0.467 e. The van der Waals surface area contributed by atoms with Crippen molar-refractivity contribution in [2.45, 2.75) is 31.6 Å². The van der Waals surface area contributed by atoms with Crippen molar-refractivity contribution in [3.63, 3.8) is 0 Å². The Morgan fingerprint density at radius 3 is 2.45 bits per heavy atom. The molecule has 0 saturated carbocycles. The number of benzene rings is 1. The van der Waals surface area contributed by atoms with Crippen LogP contribution >= 0.6 is 0 Å². The van der Waals surface area contributed by atoms with E-state index >= 15 is 0 Å². The minimum atomic E-state index is -4.82. The highest BCUT2D eigenvalue weighted by Crippen LogP contribution is 2.48. The monoisotopic (exact) mass is 288 g/mol. The topological polar surface area (TPSA) is 41.6 Å². The second-order valence-electron chi connectivity index (χ2n) is 4.83. The van der Waals surface area contributed by atoms with Gasteiger partial charge in [0.15, 0.2) is 0 Å². The molecule has 1 unspecified atom stereocenters. The molecule has 7 heteroatoms. The fraction of sp³-hybridized carbons (Fsp3) is 0.462. The van der Waals surface area contributed by atoms with Crippen LogP contribution in [0.15, 0.2) is 24.3 Å². The molecule has 1 N–H and O–H groups in total. The van der Waals surface area contributed by atoms with E-state index in [2.05, 4.69) is 10.2 Å². The second-order valence-corrected chi connectivity index (χ2v) is 4.83. The Kier molecular flexibility index (Phi) is 3.41. The van der Waals surface area contributed by atoms with Crippen molar-refractivity contribution in [2.75, 3.05) is 12.1 Å². The van der Waals surface area contributed by atoms with Crippen molar-refractivity contribution >= 4 is 11.7 Å². The van der Waals surface area contributed by atoms with Gasteiger partial charge in [-0.15, -0.1) is 0 Å². The summed E-state index contributed by atoms with van der Waals surface area (Å²) in [5, 5.41) is 1.33. The van der Waals surface area contributed by atoms with Crippen LogP contribution in [0.25, 0.3) is 0 Å². The summed E-state index contributed by atoms with van der Waals surface area (Å²) in [6.07, 6.45) is -4.82. The van der Waals surface area contributed by atoms with E-state index in [1.54, 1.807) is 26.0 Å². The predicted octanol–water partition coefficient (Wildman–Crippen LogP) is 2.35. The number of ether oxygens (including phenoxy) is 1. The SMILES string of the molecule is COC(=O)C1(C(F)(F)F)NN(C(C)C)c2ccccc21. The fourth-order valence-corrected chi connectivity index (χ4v) is 2.35. The summed E-state index contributed by atoms with van der Waals surface area (Å²) in [5.74, 6) is -1.37. The highest BCUT2D eigenvalue weighted by atomic mass is 19.4. The summed E-state index contributed by atoms with van der Waals surface area (Å²) in [5.41, 5.74) is -0.386. The van der Waals surface area contributed by atoms with Gasteiger partial charge in [-0.25, -0.2) is 10.2 Å². The van der Waals surface area contributed by atoms with Crippen LogP contribution in [0.3, 0.4) is 0 Å². The zero-order chi connectivity index (χ0) is 15.1. The summed E-state index contributed by atoms with van der Waals surface area (Å²) < 4.78 is 45.1. The van der Waals surface area contributed by atoms with Gasteiger partial charge in [-0.05, 0) is 19.9 Å². The Morgan fingerprint density at radius 2 is 1.95 bits per heavy atom. The maximum Gasteiger partial charge on any atom is 0.423 e. The van der Waals surface area contributed by atoms with Crippen molar-refractivity contribution in [3.8, 4) is 0 Å². The number of carbonyl (C=O) groups excluding carboxylic acids is 1. The molecule has 0 aliphatic carbocycles. The van der Waals surface area contributed by atoms with Crippen molar-refractivity contribution in [1.82, 2.24) is 5.43 Å². The normalized spacial score (nSPS) is 22.1. The van der Waals surface area contributed by atoms with Crippen LogP contribution in [0.1, 0.15) is 19.4 Å². The van der Waals surface area contributed by atoms with E-state index in [1.165, 1.54) is 17.1 Å². The number of halogens is 3. The molecule has 1 aliphatic heterocycles. The van der Waals surface area contributed by atoms with Crippen LogP contribution in [0.5, 0.6) is 0 Å². The average Bonchev–Trinajstić information content (AvgIpc) is 2.74. The van der Waals surface area contributed by atoms with Gasteiger partial charge >= 0.3 is 12.1 Å². The first-order valence-electron chi connectivity index (χ1n) is 6.07. The number of alkyl halides is 3. The van der Waals surface area contributed by atoms with Crippen LogP contribution in [-0.2, 0) is 15.1 Å². The number of anilines is 1. The molecule has 0 bridgehead atoms. The van der Waals surface area contributed by atoms with E-state index in [0.29, 0.717) is 5.69 Å². The maximum absolute atomic E-state index is 13.6. The Morgan fingerprint density at radius 1 is 1.35 bits per heavy atom. The molecule has 1 atom stereocenters. The Hall–Kier alpha value is -1.76.